The lowest BCUT2D eigenvalue weighted by Crippen LogP contribution is -2.24. The summed E-state index contributed by atoms with van der Waals surface area (Å²) < 4.78 is 0.526. The molecule has 1 spiro atoms. The summed E-state index contributed by atoms with van der Waals surface area (Å²) in [4.78, 5) is 1.49. The summed E-state index contributed by atoms with van der Waals surface area (Å²) in [7, 11) is 2.08. The molecule has 1 N–H and O–H groups in total. The molecule has 1 nitrogen and oxygen atoms in total. The van der Waals surface area contributed by atoms with Gasteiger partial charge < -0.3 is 5.32 Å². The van der Waals surface area contributed by atoms with Gasteiger partial charge in [-0.3, -0.25) is 0 Å². The molecular formula is C11H13NS. The second-order valence-electron chi connectivity index (χ2n) is 3.93. The topological polar surface area (TPSA) is 12.0 Å². The molecule has 0 bridgehead atoms. The molecule has 0 aromatic heterocycles. The fourth-order valence-corrected chi connectivity index (χ4v) is 3.86. The van der Waals surface area contributed by atoms with Crippen LogP contribution in [0.5, 0.6) is 0 Å². The van der Waals surface area contributed by atoms with Crippen molar-refractivity contribution >= 4 is 11.8 Å². The molecule has 0 saturated heterocycles. The van der Waals surface area contributed by atoms with Crippen LogP contribution in [0.2, 0.25) is 0 Å². The van der Waals surface area contributed by atoms with Gasteiger partial charge in [0.25, 0.3) is 0 Å². The van der Waals surface area contributed by atoms with Crippen molar-refractivity contribution in [3.63, 3.8) is 0 Å². The number of nitrogens with one attached hydrogen (secondary N) is 1. The highest BCUT2D eigenvalue weighted by atomic mass is 32.2. The Bertz CT molecular complexity index is 344. The van der Waals surface area contributed by atoms with Gasteiger partial charge in [0.05, 0.1) is 0 Å². The van der Waals surface area contributed by atoms with Crippen molar-refractivity contribution in [1.82, 2.24) is 5.32 Å². The van der Waals surface area contributed by atoms with E-state index in [4.69, 9.17) is 0 Å². The molecule has 1 aliphatic heterocycles. The Kier molecular flexibility index (Phi) is 1.53. The quantitative estimate of drug-likeness (QED) is 0.732. The first kappa shape index (κ1) is 7.89. The normalized spacial score (nSPS) is 27.6. The number of hydrogen-bond donors (Lipinski definition) is 1. The lowest BCUT2D eigenvalue weighted by Gasteiger charge is -2.16. The van der Waals surface area contributed by atoms with E-state index in [1.54, 1.807) is 0 Å². The Labute approximate surface area is 82.9 Å². The van der Waals surface area contributed by atoms with Crippen LogP contribution in [-0.2, 0) is 0 Å². The Morgan fingerprint density at radius 1 is 1.38 bits per heavy atom. The van der Waals surface area contributed by atoms with E-state index in [9.17, 15) is 0 Å². The molecule has 68 valence electrons. The maximum absolute atomic E-state index is 3.45. The minimum absolute atomic E-state index is 0.526. The van der Waals surface area contributed by atoms with Gasteiger partial charge in [0.2, 0.25) is 0 Å². The van der Waals surface area contributed by atoms with E-state index >= 15 is 0 Å². The molecule has 2 heteroatoms. The largest absolute Gasteiger partial charge is 0.312 e. The highest BCUT2D eigenvalue weighted by Gasteiger charge is 2.54. The molecule has 1 heterocycles. The molecule has 1 aromatic rings. The maximum atomic E-state index is 3.45. The fraction of sp³-hybridized carbons (Fsp3) is 0.455. The molecule has 1 unspecified atom stereocenters. The number of benzene rings is 1. The van der Waals surface area contributed by atoms with Crippen molar-refractivity contribution < 1.29 is 0 Å². The van der Waals surface area contributed by atoms with Gasteiger partial charge in [0.15, 0.2) is 0 Å². The van der Waals surface area contributed by atoms with Crippen molar-refractivity contribution in [3.05, 3.63) is 29.8 Å². The van der Waals surface area contributed by atoms with Crippen molar-refractivity contribution in [2.24, 2.45) is 0 Å². The second kappa shape index (κ2) is 2.52. The van der Waals surface area contributed by atoms with Crippen LogP contribution in [0.4, 0.5) is 0 Å². The van der Waals surface area contributed by atoms with Gasteiger partial charge >= 0.3 is 0 Å². The highest BCUT2D eigenvalue weighted by Crippen LogP contribution is 2.64. The smallest absolute Gasteiger partial charge is 0.0481 e. The average molecular weight is 191 g/mol. The SMILES string of the molecule is CNC1c2ccccc2SC12CC2. The lowest BCUT2D eigenvalue weighted by atomic mass is 10.0. The predicted octanol–water partition coefficient (Wildman–Crippen LogP) is 2.59. The molecule has 1 aliphatic carbocycles. The second-order valence-corrected chi connectivity index (χ2v) is 5.38. The summed E-state index contributed by atoms with van der Waals surface area (Å²) in [5.74, 6) is 0. The summed E-state index contributed by atoms with van der Waals surface area (Å²) in [5, 5.41) is 3.45. The van der Waals surface area contributed by atoms with E-state index in [0.29, 0.717) is 10.8 Å². The van der Waals surface area contributed by atoms with Gasteiger partial charge in [-0.25, -0.2) is 0 Å². The van der Waals surface area contributed by atoms with Gasteiger partial charge in [-0.2, -0.15) is 0 Å². The first-order valence-electron chi connectivity index (χ1n) is 4.81. The molecule has 1 atom stereocenters. The minimum atomic E-state index is 0.526. The van der Waals surface area contributed by atoms with E-state index in [1.165, 1.54) is 23.3 Å². The van der Waals surface area contributed by atoms with Gasteiger partial charge in [0.1, 0.15) is 0 Å². The van der Waals surface area contributed by atoms with Gasteiger partial charge in [-0.05, 0) is 31.5 Å². The van der Waals surface area contributed by atoms with Crippen LogP contribution >= 0.6 is 11.8 Å². The van der Waals surface area contributed by atoms with Crippen LogP contribution < -0.4 is 5.32 Å². The summed E-state index contributed by atoms with van der Waals surface area (Å²) in [6.45, 7) is 0. The zero-order valence-corrected chi connectivity index (χ0v) is 8.53. The Morgan fingerprint density at radius 2 is 2.15 bits per heavy atom. The van der Waals surface area contributed by atoms with Gasteiger partial charge in [0, 0.05) is 15.7 Å². The van der Waals surface area contributed by atoms with Crippen LogP contribution in [0.3, 0.4) is 0 Å². The summed E-state index contributed by atoms with van der Waals surface area (Å²) in [6.07, 6.45) is 2.75. The zero-order chi connectivity index (χ0) is 8.89. The molecule has 1 aromatic carbocycles. The first-order valence-corrected chi connectivity index (χ1v) is 5.63. The van der Waals surface area contributed by atoms with Crippen molar-refractivity contribution in [3.8, 4) is 0 Å². The van der Waals surface area contributed by atoms with E-state index in [1.807, 2.05) is 0 Å². The average Bonchev–Trinajstić information content (AvgIpc) is 2.83. The number of thioether (sulfide) groups is 1. The third-order valence-electron chi connectivity index (χ3n) is 3.10. The van der Waals surface area contributed by atoms with Crippen molar-refractivity contribution in [2.75, 3.05) is 7.05 Å². The van der Waals surface area contributed by atoms with Crippen LogP contribution in [0.25, 0.3) is 0 Å². The van der Waals surface area contributed by atoms with Crippen molar-refractivity contribution in [2.45, 2.75) is 28.5 Å². The molecular weight excluding hydrogens is 178 g/mol. The minimum Gasteiger partial charge on any atom is -0.312 e. The lowest BCUT2D eigenvalue weighted by molar-refractivity contribution is 0.567. The van der Waals surface area contributed by atoms with Crippen molar-refractivity contribution in [1.29, 1.82) is 0 Å². The van der Waals surface area contributed by atoms with E-state index in [-0.39, 0.29) is 0 Å². The molecule has 0 radical (unpaired) electrons. The molecule has 2 aliphatic rings. The molecule has 13 heavy (non-hydrogen) atoms. The fourth-order valence-electron chi connectivity index (χ4n) is 2.31. The van der Waals surface area contributed by atoms with E-state index < -0.39 is 0 Å². The number of hydrogen-bond acceptors (Lipinski definition) is 2. The number of fused-ring (bicyclic) bond motifs is 1. The van der Waals surface area contributed by atoms with Crippen LogP contribution in [0, 0.1) is 0 Å². The van der Waals surface area contributed by atoms with Gasteiger partial charge in [-0.15, -0.1) is 11.8 Å². The van der Waals surface area contributed by atoms with Crippen LogP contribution in [0.1, 0.15) is 24.4 Å². The summed E-state index contributed by atoms with van der Waals surface area (Å²) in [6, 6.07) is 9.38. The Morgan fingerprint density at radius 3 is 2.85 bits per heavy atom. The maximum Gasteiger partial charge on any atom is 0.0481 e. The monoisotopic (exact) mass is 191 g/mol. The Hall–Kier alpha value is -0.470. The molecule has 1 saturated carbocycles. The zero-order valence-electron chi connectivity index (χ0n) is 7.71. The molecule has 1 fully saturated rings. The van der Waals surface area contributed by atoms with Gasteiger partial charge in [-0.1, -0.05) is 18.2 Å². The van der Waals surface area contributed by atoms with E-state index in [0.717, 1.165) is 0 Å². The molecule has 3 rings (SSSR count). The summed E-state index contributed by atoms with van der Waals surface area (Å²) >= 11 is 2.07. The third-order valence-corrected chi connectivity index (χ3v) is 4.74. The standard InChI is InChI=1S/C11H13NS/c1-12-10-8-4-2-3-5-9(8)13-11(10)6-7-11/h2-5,10,12H,6-7H2,1H3. The number of rotatable bonds is 1. The highest BCUT2D eigenvalue weighted by molar-refractivity contribution is 8.01. The van der Waals surface area contributed by atoms with Crippen LogP contribution in [0.15, 0.2) is 29.2 Å². The van der Waals surface area contributed by atoms with Crippen LogP contribution in [-0.4, -0.2) is 11.8 Å². The third kappa shape index (κ3) is 0.990. The van der Waals surface area contributed by atoms with E-state index in [2.05, 4.69) is 48.4 Å². The predicted molar refractivity (Wildman–Crippen MR) is 56.1 cm³/mol. The Balaban J connectivity index is 2.09. The first-order chi connectivity index (χ1) is 6.36. The summed E-state index contributed by atoms with van der Waals surface area (Å²) in [5.41, 5.74) is 1.51. The molecule has 0 amide bonds.